The Morgan fingerprint density at radius 3 is 3.18 bits per heavy atom. The van der Waals surface area contributed by atoms with Gasteiger partial charge in [0.15, 0.2) is 4.77 Å². The molecular weight excluding hydrogens is 445 g/mol. The van der Waals surface area contributed by atoms with E-state index in [4.69, 9.17) is 18.3 Å². The third kappa shape index (κ3) is 2.72. The first-order valence-corrected chi connectivity index (χ1v) is 10.6. The lowest BCUT2D eigenvalue weighted by atomic mass is 9.93. The van der Waals surface area contributed by atoms with Gasteiger partial charge in [-0.25, -0.2) is 4.39 Å². The quantitative estimate of drug-likeness (QED) is 0.702. The van der Waals surface area contributed by atoms with Crippen molar-refractivity contribution in [3.05, 3.63) is 50.2 Å². The summed E-state index contributed by atoms with van der Waals surface area (Å²) in [6.07, 6.45) is 1.83. The summed E-state index contributed by atoms with van der Waals surface area (Å²) in [7, 11) is -0.0288. The highest BCUT2D eigenvalue weighted by molar-refractivity contribution is 9.10. The lowest BCUT2D eigenvalue weighted by Gasteiger charge is -2.15. The van der Waals surface area contributed by atoms with E-state index in [1.807, 2.05) is 10.6 Å². The van der Waals surface area contributed by atoms with Gasteiger partial charge in [-0.1, -0.05) is 15.9 Å². The fraction of sp³-hybridized carbons (Fsp3) is 0.500. The summed E-state index contributed by atoms with van der Waals surface area (Å²) in [6, 6.07) is 5.10. The summed E-state index contributed by atoms with van der Waals surface area (Å²) in [5, 5.41) is 3.02. The number of carbonyl (C=O) groups is 1. The maximum Gasteiger partial charge on any atom is 0.226 e. The monoisotopic (exact) mass is 466 g/mol. The number of fused-ring (bicyclic) bond motifs is 3. The van der Waals surface area contributed by atoms with E-state index in [-0.39, 0.29) is 42.5 Å². The minimum absolute atomic E-state index is 0.0288. The number of hydrogen-bond acceptors (Lipinski definition) is 3. The second-order valence-electron chi connectivity index (χ2n) is 7.97. The number of ether oxygens (including phenoxy) is 1. The fourth-order valence-electron chi connectivity index (χ4n) is 4.85. The van der Waals surface area contributed by atoms with Crippen molar-refractivity contribution in [1.82, 2.24) is 14.5 Å². The lowest BCUT2D eigenvalue weighted by molar-refractivity contribution is -0.121. The van der Waals surface area contributed by atoms with Gasteiger partial charge in [-0.15, -0.1) is 0 Å². The SMILES string of the molecule is [2H]Cn1c(CC(=O)N[C@H]2CCOC2)c2n(c1=S)C[C@@]1(c3cc(Br)ccc3F)C[C@@H]21. The smallest absolute Gasteiger partial charge is 0.226 e. The molecule has 8 heteroatoms. The van der Waals surface area contributed by atoms with Crippen molar-refractivity contribution in [3.63, 3.8) is 0 Å². The van der Waals surface area contributed by atoms with Crippen LogP contribution in [0.1, 0.15) is 37.1 Å². The van der Waals surface area contributed by atoms with Crippen molar-refractivity contribution in [2.24, 2.45) is 7.02 Å². The first kappa shape index (κ1) is 17.4. The molecule has 2 fully saturated rings. The lowest BCUT2D eigenvalue weighted by Crippen LogP contribution is -2.36. The topological polar surface area (TPSA) is 48.2 Å². The van der Waals surface area contributed by atoms with Crippen LogP contribution >= 0.6 is 28.1 Å². The highest BCUT2D eigenvalue weighted by Crippen LogP contribution is 2.66. The Bertz CT molecular complexity index is 1060. The third-order valence-electron chi connectivity index (χ3n) is 6.31. The van der Waals surface area contributed by atoms with Crippen LogP contribution < -0.4 is 5.32 Å². The van der Waals surface area contributed by atoms with Gasteiger partial charge in [-0.2, -0.15) is 0 Å². The summed E-state index contributed by atoms with van der Waals surface area (Å²) in [5.41, 5.74) is 2.19. The van der Waals surface area contributed by atoms with Crippen molar-refractivity contribution in [2.75, 3.05) is 13.2 Å². The molecule has 3 heterocycles. The predicted octanol–water partition coefficient (Wildman–Crippen LogP) is 3.34. The molecule has 1 amide bonds. The fourth-order valence-corrected chi connectivity index (χ4v) is 5.48. The van der Waals surface area contributed by atoms with Gasteiger partial charge in [0, 0.05) is 48.7 Å². The van der Waals surface area contributed by atoms with Gasteiger partial charge in [0.05, 0.1) is 19.1 Å². The van der Waals surface area contributed by atoms with Crippen LogP contribution in [0, 0.1) is 10.6 Å². The van der Waals surface area contributed by atoms with Gasteiger partial charge in [-0.05, 0) is 48.8 Å². The Kier molecular flexibility index (Phi) is 4.03. The molecule has 2 aromatic rings. The summed E-state index contributed by atoms with van der Waals surface area (Å²) >= 11 is 9.07. The molecule has 1 aliphatic carbocycles. The van der Waals surface area contributed by atoms with E-state index in [2.05, 4.69) is 21.2 Å². The molecule has 1 N–H and O–H groups in total. The van der Waals surface area contributed by atoms with E-state index in [1.165, 1.54) is 6.07 Å². The molecule has 148 valence electrons. The first-order chi connectivity index (χ1) is 13.9. The van der Waals surface area contributed by atoms with Crippen LogP contribution in [0.25, 0.3) is 0 Å². The molecule has 0 unspecified atom stereocenters. The summed E-state index contributed by atoms with van der Waals surface area (Å²) in [4.78, 5) is 12.7. The number of carbonyl (C=O) groups excluding carboxylic acids is 1. The van der Waals surface area contributed by atoms with Gasteiger partial charge in [0.2, 0.25) is 5.91 Å². The molecule has 1 aromatic carbocycles. The molecule has 5 rings (SSSR count). The minimum atomic E-state index is -0.303. The molecule has 28 heavy (non-hydrogen) atoms. The van der Waals surface area contributed by atoms with Crippen molar-refractivity contribution in [3.8, 4) is 0 Å². The molecule has 1 saturated carbocycles. The largest absolute Gasteiger partial charge is 0.379 e. The number of imidazole rings is 1. The third-order valence-corrected chi connectivity index (χ3v) is 7.24. The van der Waals surface area contributed by atoms with Crippen LogP contribution in [0.15, 0.2) is 22.7 Å². The Morgan fingerprint density at radius 1 is 1.57 bits per heavy atom. The number of nitrogens with zero attached hydrogens (tertiary/aromatic N) is 2. The van der Waals surface area contributed by atoms with E-state index < -0.39 is 0 Å². The molecule has 0 bridgehead atoms. The van der Waals surface area contributed by atoms with Crippen molar-refractivity contribution in [1.29, 1.82) is 0 Å². The van der Waals surface area contributed by atoms with E-state index in [9.17, 15) is 9.18 Å². The Hall–Kier alpha value is -1.51. The summed E-state index contributed by atoms with van der Waals surface area (Å²) in [5.74, 6) is -0.169. The highest BCUT2D eigenvalue weighted by Gasteiger charge is 2.63. The number of benzene rings is 1. The highest BCUT2D eigenvalue weighted by atomic mass is 79.9. The second-order valence-corrected chi connectivity index (χ2v) is 9.25. The predicted molar refractivity (Wildman–Crippen MR) is 108 cm³/mol. The van der Waals surface area contributed by atoms with Crippen molar-refractivity contribution in [2.45, 2.75) is 43.2 Å². The number of aromatic nitrogens is 2. The molecule has 3 aliphatic rings. The minimum Gasteiger partial charge on any atom is -0.379 e. The summed E-state index contributed by atoms with van der Waals surface area (Å²) in [6.45, 7) is 1.80. The van der Waals surface area contributed by atoms with E-state index in [0.29, 0.717) is 30.1 Å². The molecule has 0 radical (unpaired) electrons. The van der Waals surface area contributed by atoms with Crippen LogP contribution in [-0.2, 0) is 34.9 Å². The van der Waals surface area contributed by atoms with Crippen LogP contribution in [0.2, 0.25) is 0 Å². The Balaban J connectivity index is 1.48. The zero-order valence-corrected chi connectivity index (χ0v) is 17.6. The van der Waals surface area contributed by atoms with Crippen molar-refractivity contribution >= 4 is 34.1 Å². The normalized spacial score (nSPS) is 28.0. The number of hydrogen-bond donors (Lipinski definition) is 1. The van der Waals surface area contributed by atoms with Crippen LogP contribution in [-0.4, -0.2) is 34.3 Å². The average Bonchev–Trinajstić information content (AvgIpc) is 2.98. The van der Waals surface area contributed by atoms with E-state index in [1.54, 1.807) is 10.6 Å². The average molecular weight is 467 g/mol. The Morgan fingerprint density at radius 2 is 2.43 bits per heavy atom. The van der Waals surface area contributed by atoms with Crippen LogP contribution in [0.4, 0.5) is 4.39 Å². The molecule has 2 aliphatic heterocycles. The molecule has 3 atom stereocenters. The van der Waals surface area contributed by atoms with E-state index in [0.717, 1.165) is 28.7 Å². The zero-order valence-electron chi connectivity index (χ0n) is 16.2. The number of amides is 1. The van der Waals surface area contributed by atoms with Gasteiger partial charge in [0.25, 0.3) is 0 Å². The van der Waals surface area contributed by atoms with Crippen LogP contribution in [0.5, 0.6) is 0 Å². The Labute approximate surface area is 177 Å². The van der Waals surface area contributed by atoms with Crippen LogP contribution in [0.3, 0.4) is 0 Å². The molecular formula is C20H21BrFN3O2S. The molecule has 5 nitrogen and oxygen atoms in total. The molecule has 1 aromatic heterocycles. The van der Waals surface area contributed by atoms with Gasteiger partial charge in [-0.3, -0.25) is 4.79 Å². The standard InChI is InChI=1S/C20H21BrFN3O2S/c1-24-16(7-17(26)23-12-4-5-27-9-12)18-14-8-20(14,10-25(18)19(24)28)13-6-11(21)2-3-15(13)22/h2-3,6,12,14H,4-5,7-10H2,1H3,(H,23,26)/t12-,14-,20+/m0/s1/i1D. The number of rotatable bonds is 4. The molecule has 0 spiro atoms. The van der Waals surface area contributed by atoms with E-state index >= 15 is 0 Å². The number of halogens is 2. The maximum absolute atomic E-state index is 14.6. The summed E-state index contributed by atoms with van der Waals surface area (Å²) < 4.78 is 33.0. The number of nitrogens with one attached hydrogen (secondary N) is 1. The first-order valence-electron chi connectivity index (χ1n) is 10.1. The zero-order chi connectivity index (χ0) is 20.3. The second kappa shape index (κ2) is 6.50. The van der Waals surface area contributed by atoms with Gasteiger partial charge < -0.3 is 19.2 Å². The molecule has 1 saturated heterocycles. The maximum atomic E-state index is 14.6. The van der Waals surface area contributed by atoms with Crippen molar-refractivity contribution < 1.29 is 15.3 Å². The van der Waals surface area contributed by atoms with Gasteiger partial charge >= 0.3 is 0 Å². The van der Waals surface area contributed by atoms with Gasteiger partial charge in [0.1, 0.15) is 5.82 Å².